The van der Waals surface area contributed by atoms with Crippen LogP contribution in [0.25, 0.3) is 10.8 Å². The summed E-state index contributed by atoms with van der Waals surface area (Å²) in [5.41, 5.74) is 1.00. The van der Waals surface area contributed by atoms with Gasteiger partial charge in [-0.15, -0.1) is 0 Å². The van der Waals surface area contributed by atoms with Gasteiger partial charge in [-0.1, -0.05) is 42.5 Å². The fourth-order valence-electron chi connectivity index (χ4n) is 2.02. The fraction of sp³-hybridized carbons (Fsp3) is 0.312. The molecule has 0 aliphatic carbocycles. The molecule has 1 amide bonds. The highest BCUT2D eigenvalue weighted by molar-refractivity contribution is 5.85. The second kappa shape index (κ2) is 5.85. The van der Waals surface area contributed by atoms with Crippen molar-refractivity contribution in [2.24, 2.45) is 0 Å². The van der Waals surface area contributed by atoms with E-state index in [4.69, 9.17) is 5.11 Å². The molecule has 3 heteroatoms. The second-order valence-corrected chi connectivity index (χ2v) is 4.89. The maximum Gasteiger partial charge on any atom is 0.227 e. The van der Waals surface area contributed by atoms with Crippen molar-refractivity contribution >= 4 is 16.7 Å². The number of carbonyl (C=O) groups is 1. The van der Waals surface area contributed by atoms with E-state index in [2.05, 4.69) is 6.07 Å². The van der Waals surface area contributed by atoms with Gasteiger partial charge >= 0.3 is 0 Å². The van der Waals surface area contributed by atoms with Crippen LogP contribution in [0.15, 0.2) is 42.5 Å². The highest BCUT2D eigenvalue weighted by atomic mass is 16.3. The summed E-state index contributed by atoms with van der Waals surface area (Å²) in [6, 6.07) is 14.0. The smallest absolute Gasteiger partial charge is 0.227 e. The minimum atomic E-state index is -0.145. The predicted octanol–water partition coefficient (Wildman–Crippen LogP) is 2.22. The molecule has 1 N–H and O–H groups in total. The largest absolute Gasteiger partial charge is 0.394 e. The van der Waals surface area contributed by atoms with Crippen molar-refractivity contribution in [3.05, 3.63) is 48.0 Å². The minimum Gasteiger partial charge on any atom is -0.394 e. The van der Waals surface area contributed by atoms with Gasteiger partial charge in [0.25, 0.3) is 0 Å². The zero-order valence-electron chi connectivity index (χ0n) is 11.3. The van der Waals surface area contributed by atoms with Gasteiger partial charge in [0, 0.05) is 7.05 Å². The molecule has 0 heterocycles. The third kappa shape index (κ3) is 3.12. The molecule has 1 unspecified atom stereocenters. The molecule has 19 heavy (non-hydrogen) atoms. The van der Waals surface area contributed by atoms with E-state index >= 15 is 0 Å². The lowest BCUT2D eigenvalue weighted by molar-refractivity contribution is -0.131. The summed E-state index contributed by atoms with van der Waals surface area (Å²) in [5.74, 6) is 0.0248. The molecule has 1 atom stereocenters. The average Bonchev–Trinajstić information content (AvgIpc) is 2.45. The maximum absolute atomic E-state index is 12.1. The molecule has 0 aromatic heterocycles. The molecule has 0 radical (unpaired) electrons. The first-order chi connectivity index (χ1) is 9.11. The van der Waals surface area contributed by atoms with E-state index in [1.54, 1.807) is 11.9 Å². The van der Waals surface area contributed by atoms with Crippen LogP contribution in [0.5, 0.6) is 0 Å². The van der Waals surface area contributed by atoms with Gasteiger partial charge in [0.05, 0.1) is 19.1 Å². The van der Waals surface area contributed by atoms with Crippen LogP contribution in [0.2, 0.25) is 0 Å². The topological polar surface area (TPSA) is 40.5 Å². The van der Waals surface area contributed by atoms with Gasteiger partial charge in [0.2, 0.25) is 5.91 Å². The Labute approximate surface area is 113 Å². The third-order valence-electron chi connectivity index (χ3n) is 3.49. The number of likely N-dealkylation sites (N-methyl/N-ethyl adjacent to an activating group) is 1. The Hall–Kier alpha value is -1.87. The van der Waals surface area contributed by atoms with Crippen molar-refractivity contribution in [1.82, 2.24) is 4.90 Å². The van der Waals surface area contributed by atoms with E-state index in [0.29, 0.717) is 6.42 Å². The molecule has 0 fully saturated rings. The molecule has 0 bridgehead atoms. The Morgan fingerprint density at radius 3 is 2.58 bits per heavy atom. The molecule has 0 aliphatic rings. The van der Waals surface area contributed by atoms with E-state index in [9.17, 15) is 4.79 Å². The Balaban J connectivity index is 2.15. The van der Waals surface area contributed by atoms with Crippen LogP contribution in [-0.2, 0) is 11.2 Å². The lowest BCUT2D eigenvalue weighted by atomic mass is 10.0. The van der Waals surface area contributed by atoms with Gasteiger partial charge in [-0.05, 0) is 23.3 Å². The predicted molar refractivity (Wildman–Crippen MR) is 77.0 cm³/mol. The van der Waals surface area contributed by atoms with E-state index < -0.39 is 0 Å². The Kier molecular flexibility index (Phi) is 4.17. The number of hydrogen-bond acceptors (Lipinski definition) is 2. The Morgan fingerprint density at radius 2 is 1.89 bits per heavy atom. The molecule has 0 spiro atoms. The average molecular weight is 257 g/mol. The van der Waals surface area contributed by atoms with Crippen molar-refractivity contribution < 1.29 is 9.90 Å². The molecule has 0 saturated heterocycles. The Bertz CT molecular complexity index is 580. The maximum atomic E-state index is 12.1. The van der Waals surface area contributed by atoms with Crippen LogP contribution >= 0.6 is 0 Å². The molecule has 100 valence electrons. The second-order valence-electron chi connectivity index (χ2n) is 4.89. The van der Waals surface area contributed by atoms with Gasteiger partial charge < -0.3 is 10.0 Å². The molecule has 3 nitrogen and oxygen atoms in total. The van der Waals surface area contributed by atoms with Crippen molar-refractivity contribution in [2.45, 2.75) is 19.4 Å². The number of carbonyl (C=O) groups excluding carboxylic acids is 1. The molecule has 2 aromatic rings. The van der Waals surface area contributed by atoms with E-state index in [1.807, 2.05) is 43.3 Å². The lowest BCUT2D eigenvalue weighted by Gasteiger charge is -2.23. The summed E-state index contributed by atoms with van der Waals surface area (Å²) in [4.78, 5) is 13.7. The molecule has 2 aromatic carbocycles. The molecular formula is C16H19NO2. The SMILES string of the molecule is CC(CO)N(C)C(=O)Cc1ccc2ccccc2c1. The first-order valence-electron chi connectivity index (χ1n) is 6.46. The third-order valence-corrected chi connectivity index (χ3v) is 3.49. The zero-order chi connectivity index (χ0) is 13.8. The van der Waals surface area contributed by atoms with Gasteiger partial charge in [-0.25, -0.2) is 0 Å². The summed E-state index contributed by atoms with van der Waals surface area (Å²) in [5, 5.41) is 11.4. The molecule has 2 rings (SSSR count). The number of nitrogens with zero attached hydrogens (tertiary/aromatic N) is 1. The minimum absolute atomic E-state index is 0.0139. The standard InChI is InChI=1S/C16H19NO2/c1-12(11-18)17(2)16(19)10-13-7-8-14-5-3-4-6-15(14)9-13/h3-9,12,18H,10-11H2,1-2H3. The van der Waals surface area contributed by atoms with Crippen molar-refractivity contribution in [2.75, 3.05) is 13.7 Å². The normalized spacial score (nSPS) is 12.4. The summed E-state index contributed by atoms with van der Waals surface area (Å²) < 4.78 is 0. The van der Waals surface area contributed by atoms with Crippen molar-refractivity contribution in [1.29, 1.82) is 0 Å². The number of aliphatic hydroxyl groups is 1. The van der Waals surface area contributed by atoms with Crippen LogP contribution < -0.4 is 0 Å². The number of hydrogen-bond donors (Lipinski definition) is 1. The van der Waals surface area contributed by atoms with Crippen LogP contribution in [0.4, 0.5) is 0 Å². The Morgan fingerprint density at radius 1 is 1.21 bits per heavy atom. The number of fused-ring (bicyclic) bond motifs is 1. The summed E-state index contributed by atoms with van der Waals surface area (Å²) in [6.45, 7) is 1.82. The lowest BCUT2D eigenvalue weighted by Crippen LogP contribution is -2.38. The van der Waals surface area contributed by atoms with Crippen LogP contribution in [-0.4, -0.2) is 35.6 Å². The molecule has 0 aliphatic heterocycles. The highest BCUT2D eigenvalue weighted by Crippen LogP contribution is 2.16. The summed E-state index contributed by atoms with van der Waals surface area (Å²) in [6.07, 6.45) is 0.367. The molecular weight excluding hydrogens is 238 g/mol. The number of aliphatic hydroxyl groups excluding tert-OH is 1. The van der Waals surface area contributed by atoms with E-state index in [1.165, 1.54) is 5.39 Å². The number of benzene rings is 2. The van der Waals surface area contributed by atoms with Crippen molar-refractivity contribution in [3.63, 3.8) is 0 Å². The molecule has 0 saturated carbocycles. The summed E-state index contributed by atoms with van der Waals surface area (Å²) >= 11 is 0. The monoisotopic (exact) mass is 257 g/mol. The van der Waals surface area contributed by atoms with Gasteiger partial charge in [-0.3, -0.25) is 4.79 Å². The first kappa shape index (κ1) is 13.6. The number of amides is 1. The zero-order valence-corrected chi connectivity index (χ0v) is 11.3. The van der Waals surface area contributed by atoms with Gasteiger partial charge in [-0.2, -0.15) is 0 Å². The fourth-order valence-corrected chi connectivity index (χ4v) is 2.02. The van der Waals surface area contributed by atoms with E-state index in [0.717, 1.165) is 10.9 Å². The van der Waals surface area contributed by atoms with Crippen molar-refractivity contribution in [3.8, 4) is 0 Å². The van der Waals surface area contributed by atoms with Crippen LogP contribution in [0.3, 0.4) is 0 Å². The highest BCUT2D eigenvalue weighted by Gasteiger charge is 2.15. The van der Waals surface area contributed by atoms with Crippen LogP contribution in [0, 0.1) is 0 Å². The van der Waals surface area contributed by atoms with Crippen LogP contribution in [0.1, 0.15) is 12.5 Å². The van der Waals surface area contributed by atoms with Gasteiger partial charge in [0.15, 0.2) is 0 Å². The quantitative estimate of drug-likeness (QED) is 0.912. The van der Waals surface area contributed by atoms with E-state index in [-0.39, 0.29) is 18.6 Å². The van der Waals surface area contributed by atoms with Gasteiger partial charge in [0.1, 0.15) is 0 Å². The summed E-state index contributed by atoms with van der Waals surface area (Å²) in [7, 11) is 1.73. The first-order valence-corrected chi connectivity index (χ1v) is 6.46. The number of rotatable bonds is 4.